The number of hydrazine groups is 1. The Labute approximate surface area is 617 Å². The molecule has 0 saturated heterocycles. The van der Waals surface area contributed by atoms with Crippen LogP contribution >= 0.6 is 0 Å². The fourth-order valence-electron chi connectivity index (χ4n) is 12.2. The van der Waals surface area contributed by atoms with Gasteiger partial charge in [0, 0.05) is 81.6 Å². The number of rotatable bonds is 29. The lowest BCUT2D eigenvalue weighted by atomic mass is 10.1. The summed E-state index contributed by atoms with van der Waals surface area (Å²) in [5, 5.41) is 47.4. The number of phenolic OH excluding ortho intramolecular Hbond substituents is 2. The normalized spacial score (nSPS) is 12.5. The highest BCUT2D eigenvalue weighted by Crippen LogP contribution is 2.36. The van der Waals surface area contributed by atoms with Crippen LogP contribution in [-0.2, 0) is 19.6 Å². The Morgan fingerprint density at radius 1 is 0.561 bits per heavy atom. The Kier molecular flexibility index (Phi) is 23.6. The SMILES string of the molecule is CN(CCCNCc1ccccc1)c1ccncc1NC(=O)c1nc(-c2ccccc2O)cnc1NN(CCCNCc1ccccc1)c1ccncc1NC(=O)c1nc(-c2ccccc2O)cnc1NCN1C[C@@H](CNCc2ccccc2)Oc2ccccc2-c2cnc(N)c(n2)C(=O)Nc2cnccc21. The molecule has 2 bridgehead atoms. The number of anilines is 9. The maximum Gasteiger partial charge on any atom is 0.278 e. The van der Waals surface area contributed by atoms with E-state index in [1.807, 2.05) is 126 Å². The minimum absolute atomic E-state index is 0.0208. The molecule has 6 aromatic heterocycles. The summed E-state index contributed by atoms with van der Waals surface area (Å²) in [6.07, 6.45) is 14.5. The summed E-state index contributed by atoms with van der Waals surface area (Å²) in [7, 11) is 1.95. The second kappa shape index (κ2) is 35.1. The Morgan fingerprint density at radius 2 is 1.07 bits per heavy atom. The van der Waals surface area contributed by atoms with Gasteiger partial charge >= 0.3 is 0 Å². The number of hydrogen-bond donors (Lipinski definition) is 11. The number of nitrogens with one attached hydrogen (secondary N) is 8. The molecule has 27 nitrogen and oxygen atoms in total. The largest absolute Gasteiger partial charge is 0.507 e. The van der Waals surface area contributed by atoms with Gasteiger partial charge in [-0.3, -0.25) is 39.8 Å². The summed E-state index contributed by atoms with van der Waals surface area (Å²) in [5.41, 5.74) is 17.1. The summed E-state index contributed by atoms with van der Waals surface area (Å²) in [5.74, 6) is -1.78. The molecule has 0 saturated carbocycles. The number of nitrogens with two attached hydrogens (primary N) is 1. The number of carbonyl (C=O) groups excluding carboxylic acids is 3. The first-order chi connectivity index (χ1) is 52.5. The summed E-state index contributed by atoms with van der Waals surface area (Å²) in [6.45, 7) is 4.39. The minimum Gasteiger partial charge on any atom is -0.507 e. The van der Waals surface area contributed by atoms with Crippen LogP contribution in [0.15, 0.2) is 238 Å². The zero-order chi connectivity index (χ0) is 73.7. The van der Waals surface area contributed by atoms with E-state index in [1.54, 1.807) is 78.3 Å². The third kappa shape index (κ3) is 18.5. The third-order valence-electron chi connectivity index (χ3n) is 17.6. The van der Waals surface area contributed by atoms with Crippen LogP contribution in [-0.4, -0.2) is 132 Å². The zero-order valence-corrected chi connectivity index (χ0v) is 58.6. The molecule has 12 N–H and O–H groups in total. The van der Waals surface area contributed by atoms with Gasteiger partial charge in [-0.25, -0.2) is 29.9 Å². The highest BCUT2D eigenvalue weighted by Gasteiger charge is 2.29. The molecule has 0 aliphatic carbocycles. The maximum atomic E-state index is 15.7. The van der Waals surface area contributed by atoms with Crippen LogP contribution in [0.5, 0.6) is 17.2 Å². The van der Waals surface area contributed by atoms with Crippen molar-refractivity contribution >= 4 is 69.3 Å². The van der Waals surface area contributed by atoms with Gasteiger partial charge in [-0.2, -0.15) is 0 Å². The molecule has 0 spiro atoms. The van der Waals surface area contributed by atoms with Crippen molar-refractivity contribution in [3.8, 4) is 51.0 Å². The number of nitrogens with zero attached hydrogens (tertiary/aromatic N) is 12. The Morgan fingerprint density at radius 3 is 1.69 bits per heavy atom. The smallest absolute Gasteiger partial charge is 0.278 e. The van der Waals surface area contributed by atoms with Gasteiger partial charge in [0.2, 0.25) is 0 Å². The number of carbonyl (C=O) groups is 3. The van der Waals surface area contributed by atoms with Gasteiger partial charge in [-0.05, 0) is 97.2 Å². The summed E-state index contributed by atoms with van der Waals surface area (Å²) in [6, 6.07) is 56.1. The molecule has 540 valence electrons. The fourth-order valence-corrected chi connectivity index (χ4v) is 12.2. The molecule has 0 unspecified atom stereocenters. The molecule has 1 aliphatic rings. The first kappa shape index (κ1) is 71.9. The van der Waals surface area contributed by atoms with Crippen molar-refractivity contribution in [1.82, 2.24) is 60.8 Å². The molecule has 7 heterocycles. The monoisotopic (exact) mass is 1430 g/mol. The number of fused-ring (bicyclic) bond motifs is 5. The molecular formula is C80H79N21O6. The lowest BCUT2D eigenvalue weighted by Gasteiger charge is -2.32. The predicted octanol–water partition coefficient (Wildman–Crippen LogP) is 11.0. The van der Waals surface area contributed by atoms with E-state index in [2.05, 4.69) is 74.7 Å². The summed E-state index contributed by atoms with van der Waals surface area (Å²) in [4.78, 5) is 91.2. The standard InChI is InChI=1S/C80H79N21O6/c1-99(39-17-34-82-41-53-19-5-2-6-20-53)66-31-36-84-45-63(66)95-80(106)74-77(90-50-61(94-74)58-26-12-15-29-70(58)103)98-101(40-18-35-83-42-54-21-7-3-8-22-54)68-33-38-86-47-65(68)97-79(105)73-76(89-49-60(93-73)57-25-11-14-28-69(57)102)91-52-100-51-56(44-87-43-55-23-9-4-10-24-55)107-71-30-16-13-27-59(71)62-48-88-75(81)72(92-62)78(104)96-64-46-85-37-32-67(64)100/h2-16,19-33,36-38,45-50,56,82-83,87,102-103H,17-18,34-35,39-44,51-52H2,1H3,(H2,81,88)(H,89,91)(H,90,98)(H,95,106)(H,96,104)(H,97,105)/t56-/m1/s1. The molecule has 1 atom stereocenters. The Bertz CT molecular complexity index is 5030. The van der Waals surface area contributed by atoms with Crippen LogP contribution in [0, 0.1) is 0 Å². The molecule has 107 heavy (non-hydrogen) atoms. The van der Waals surface area contributed by atoms with Crippen molar-refractivity contribution in [1.29, 1.82) is 0 Å². The number of amides is 3. The maximum absolute atomic E-state index is 15.7. The quantitative estimate of drug-likeness (QED) is 0.0153. The highest BCUT2D eigenvalue weighted by molar-refractivity contribution is 6.10. The van der Waals surface area contributed by atoms with E-state index in [1.165, 1.54) is 48.7 Å². The molecule has 1 aliphatic heterocycles. The molecule has 0 fully saturated rings. The average Bonchev–Trinajstić information content (AvgIpc) is 1.47. The number of hydrogen-bond acceptors (Lipinski definition) is 24. The number of pyridine rings is 3. The van der Waals surface area contributed by atoms with E-state index in [0.29, 0.717) is 90.0 Å². The number of benzene rings is 6. The summed E-state index contributed by atoms with van der Waals surface area (Å²) < 4.78 is 7.01. The predicted molar refractivity (Wildman–Crippen MR) is 415 cm³/mol. The van der Waals surface area contributed by atoms with Crippen molar-refractivity contribution in [3.63, 3.8) is 0 Å². The lowest BCUT2D eigenvalue weighted by Crippen LogP contribution is -2.44. The van der Waals surface area contributed by atoms with Gasteiger partial charge in [0.15, 0.2) is 34.5 Å². The van der Waals surface area contributed by atoms with Gasteiger partial charge in [0.1, 0.15) is 23.4 Å². The molecule has 12 aromatic rings. The molecule has 27 heteroatoms. The van der Waals surface area contributed by atoms with Gasteiger partial charge in [-0.1, -0.05) is 127 Å². The van der Waals surface area contributed by atoms with Crippen LogP contribution in [0.4, 0.5) is 51.6 Å². The van der Waals surface area contributed by atoms with Crippen molar-refractivity contribution in [2.24, 2.45) is 0 Å². The number of aromatic hydroxyl groups is 2. The van der Waals surface area contributed by atoms with E-state index in [-0.39, 0.29) is 88.6 Å². The molecular weight excluding hydrogens is 1350 g/mol. The minimum atomic E-state index is -0.742. The van der Waals surface area contributed by atoms with Crippen LogP contribution in [0.3, 0.4) is 0 Å². The highest BCUT2D eigenvalue weighted by atomic mass is 16.5. The molecule has 13 rings (SSSR count). The number of aromatic nitrogens is 9. The Balaban J connectivity index is 0.830. The topological polar surface area (TPSA) is 349 Å². The molecule has 0 radical (unpaired) electrons. The van der Waals surface area contributed by atoms with Crippen LogP contribution in [0.25, 0.3) is 33.8 Å². The first-order valence-corrected chi connectivity index (χ1v) is 34.9. The van der Waals surface area contributed by atoms with Gasteiger partial charge < -0.3 is 67.7 Å². The lowest BCUT2D eigenvalue weighted by molar-refractivity contribution is 0.101. The number of phenols is 2. The van der Waals surface area contributed by atoms with E-state index in [0.717, 1.165) is 30.6 Å². The van der Waals surface area contributed by atoms with Crippen LogP contribution < -0.4 is 67.9 Å². The van der Waals surface area contributed by atoms with Crippen molar-refractivity contribution in [2.45, 2.75) is 38.6 Å². The van der Waals surface area contributed by atoms with Gasteiger partial charge in [0.05, 0.1) is 102 Å². The number of nitrogen functional groups attached to an aromatic ring is 1. The van der Waals surface area contributed by atoms with E-state index in [9.17, 15) is 15.0 Å². The second-order valence-electron chi connectivity index (χ2n) is 25.1. The van der Waals surface area contributed by atoms with Gasteiger partial charge in [-0.15, -0.1) is 0 Å². The Hall–Kier alpha value is -13.5. The van der Waals surface area contributed by atoms with Gasteiger partial charge in [0.25, 0.3) is 17.7 Å². The third-order valence-corrected chi connectivity index (χ3v) is 17.6. The van der Waals surface area contributed by atoms with Crippen molar-refractivity contribution in [3.05, 3.63) is 272 Å². The fraction of sp³-hybridized carbons (Fsp3) is 0.175. The number of ether oxygens (including phenoxy) is 1. The first-order valence-electron chi connectivity index (χ1n) is 34.9. The van der Waals surface area contributed by atoms with Crippen LogP contribution in [0.1, 0.15) is 61.0 Å². The van der Waals surface area contributed by atoms with Crippen LogP contribution in [0.2, 0.25) is 0 Å². The van der Waals surface area contributed by atoms with Crippen molar-refractivity contribution < 1.29 is 29.3 Å². The van der Waals surface area contributed by atoms with E-state index < -0.39 is 23.8 Å². The summed E-state index contributed by atoms with van der Waals surface area (Å²) >= 11 is 0. The van der Waals surface area contributed by atoms with E-state index in [4.69, 9.17) is 35.4 Å². The van der Waals surface area contributed by atoms with Crippen molar-refractivity contribution in [2.75, 3.05) is 100 Å². The zero-order valence-electron chi connectivity index (χ0n) is 58.6. The van der Waals surface area contributed by atoms with E-state index >= 15 is 9.59 Å². The molecule has 6 aromatic carbocycles. The number of para-hydroxylation sites is 3. The average molecular weight is 1430 g/mol. The molecule has 3 amide bonds. The second-order valence-corrected chi connectivity index (χ2v) is 25.1.